The van der Waals surface area contributed by atoms with Crippen molar-refractivity contribution in [3.05, 3.63) is 65.9 Å². The molecule has 3 heteroatoms. The molecule has 2 aromatic carbocycles. The van der Waals surface area contributed by atoms with Crippen LogP contribution in [0.4, 0.5) is 11.5 Å². The minimum absolute atomic E-state index is 0.804. The second-order valence-electron chi connectivity index (χ2n) is 5.27. The number of anilines is 2. The highest BCUT2D eigenvalue weighted by Crippen LogP contribution is 2.27. The molecule has 0 radical (unpaired) electrons. The molecule has 0 fully saturated rings. The van der Waals surface area contributed by atoms with Crippen LogP contribution in [0.1, 0.15) is 11.1 Å². The molecule has 106 valence electrons. The quantitative estimate of drug-likeness (QED) is 0.713. The number of nitrogens with zero attached hydrogens (tertiary/aromatic N) is 1. The zero-order chi connectivity index (χ0) is 14.7. The number of nitrogens with one attached hydrogen (secondary N) is 1. The van der Waals surface area contributed by atoms with Gasteiger partial charge in [-0.2, -0.15) is 0 Å². The fourth-order valence-corrected chi connectivity index (χ4v) is 2.57. The maximum absolute atomic E-state index is 6.09. The van der Waals surface area contributed by atoms with E-state index in [1.165, 1.54) is 5.56 Å². The normalized spacial score (nSPS) is 10.7. The van der Waals surface area contributed by atoms with E-state index in [0.29, 0.717) is 0 Å². The summed E-state index contributed by atoms with van der Waals surface area (Å²) in [5, 5.41) is 5.56. The Bertz CT molecular complexity index is 751. The molecule has 0 amide bonds. The predicted molar refractivity (Wildman–Crippen MR) is 89.5 cm³/mol. The molecule has 1 aromatic heterocycles. The number of hydrogen-bond acceptors (Lipinski definition) is 3. The molecular weight excluding hydrogens is 258 g/mol. The fourth-order valence-electron chi connectivity index (χ4n) is 2.57. The average molecular weight is 277 g/mol. The van der Waals surface area contributed by atoms with Gasteiger partial charge in [0.1, 0.15) is 5.82 Å². The first kappa shape index (κ1) is 13.4. The standard InChI is InChI=1S/C18H19N3/c1-13-11-16-15(17(19)12-13)8-10-21-18(16)20-9-7-14-5-3-2-4-6-14/h2-6,8,10-12H,7,9,19H2,1H3,(H,20,21). The van der Waals surface area contributed by atoms with E-state index in [9.17, 15) is 0 Å². The molecule has 1 heterocycles. The summed E-state index contributed by atoms with van der Waals surface area (Å²) in [5.41, 5.74) is 9.37. The van der Waals surface area contributed by atoms with Crippen LogP contribution in [0.15, 0.2) is 54.7 Å². The van der Waals surface area contributed by atoms with Gasteiger partial charge in [0.2, 0.25) is 0 Å². The first-order valence-corrected chi connectivity index (χ1v) is 7.16. The van der Waals surface area contributed by atoms with Crippen molar-refractivity contribution in [3.8, 4) is 0 Å². The van der Waals surface area contributed by atoms with Gasteiger partial charge in [0.05, 0.1) is 0 Å². The van der Waals surface area contributed by atoms with Crippen molar-refractivity contribution < 1.29 is 0 Å². The van der Waals surface area contributed by atoms with Crippen LogP contribution in [0, 0.1) is 6.92 Å². The number of hydrogen-bond donors (Lipinski definition) is 2. The van der Waals surface area contributed by atoms with Gasteiger partial charge >= 0.3 is 0 Å². The summed E-state index contributed by atoms with van der Waals surface area (Å²) < 4.78 is 0. The summed E-state index contributed by atoms with van der Waals surface area (Å²) in [7, 11) is 0. The van der Waals surface area contributed by atoms with Gasteiger partial charge in [-0.05, 0) is 42.7 Å². The van der Waals surface area contributed by atoms with E-state index in [4.69, 9.17) is 5.73 Å². The van der Waals surface area contributed by atoms with Gasteiger partial charge in [0.25, 0.3) is 0 Å². The Kier molecular flexibility index (Phi) is 3.73. The van der Waals surface area contributed by atoms with Crippen LogP contribution in [0.3, 0.4) is 0 Å². The molecule has 0 unspecified atom stereocenters. The number of nitrogens with two attached hydrogens (primary N) is 1. The van der Waals surface area contributed by atoms with Crippen molar-refractivity contribution in [2.24, 2.45) is 0 Å². The van der Waals surface area contributed by atoms with Crippen LogP contribution in [0.2, 0.25) is 0 Å². The lowest BCUT2D eigenvalue weighted by molar-refractivity contribution is 1.01. The summed E-state index contributed by atoms with van der Waals surface area (Å²) in [6.45, 7) is 2.90. The molecule has 0 aliphatic rings. The van der Waals surface area contributed by atoms with Crippen LogP contribution in [0.5, 0.6) is 0 Å². The molecule has 0 atom stereocenters. The molecule has 3 rings (SSSR count). The van der Waals surface area contributed by atoms with Crippen LogP contribution >= 0.6 is 0 Å². The summed E-state index contributed by atoms with van der Waals surface area (Å²) in [6, 6.07) is 16.5. The van der Waals surface area contributed by atoms with Crippen LogP contribution in [-0.4, -0.2) is 11.5 Å². The van der Waals surface area contributed by atoms with Gasteiger partial charge in [-0.25, -0.2) is 4.98 Å². The summed E-state index contributed by atoms with van der Waals surface area (Å²) in [6.07, 6.45) is 2.78. The molecule has 0 bridgehead atoms. The lowest BCUT2D eigenvalue weighted by Crippen LogP contribution is -2.07. The smallest absolute Gasteiger partial charge is 0.133 e. The number of nitrogen functional groups attached to an aromatic ring is 1. The Labute approximate surface area is 124 Å². The molecule has 0 aliphatic carbocycles. The molecule has 3 N–H and O–H groups in total. The average Bonchev–Trinajstić information content (AvgIpc) is 2.49. The van der Waals surface area contributed by atoms with E-state index in [2.05, 4.69) is 47.6 Å². The summed E-state index contributed by atoms with van der Waals surface area (Å²) in [4.78, 5) is 4.45. The molecule has 0 saturated carbocycles. The third-order valence-electron chi connectivity index (χ3n) is 3.61. The second-order valence-corrected chi connectivity index (χ2v) is 5.27. The van der Waals surface area contributed by atoms with Crippen molar-refractivity contribution in [1.82, 2.24) is 4.98 Å². The van der Waals surface area contributed by atoms with E-state index < -0.39 is 0 Å². The van der Waals surface area contributed by atoms with Crippen molar-refractivity contribution in [2.45, 2.75) is 13.3 Å². The van der Waals surface area contributed by atoms with Gasteiger partial charge < -0.3 is 11.1 Å². The Balaban J connectivity index is 1.81. The second kappa shape index (κ2) is 5.83. The maximum Gasteiger partial charge on any atom is 0.133 e. The molecular formula is C18H19N3. The maximum atomic E-state index is 6.09. The number of fused-ring (bicyclic) bond motifs is 1. The van der Waals surface area contributed by atoms with Gasteiger partial charge in [-0.3, -0.25) is 0 Å². The molecule has 3 aromatic rings. The van der Waals surface area contributed by atoms with E-state index in [-0.39, 0.29) is 0 Å². The number of aromatic nitrogens is 1. The van der Waals surface area contributed by atoms with Crippen molar-refractivity contribution >= 4 is 22.3 Å². The fraction of sp³-hybridized carbons (Fsp3) is 0.167. The first-order chi connectivity index (χ1) is 10.2. The summed E-state index contributed by atoms with van der Waals surface area (Å²) in [5.74, 6) is 0.902. The number of aryl methyl sites for hydroxylation is 1. The first-order valence-electron chi connectivity index (χ1n) is 7.16. The Morgan fingerprint density at radius 1 is 1.05 bits per heavy atom. The van der Waals surface area contributed by atoms with E-state index in [1.807, 2.05) is 18.2 Å². The molecule has 3 nitrogen and oxygen atoms in total. The van der Waals surface area contributed by atoms with Crippen LogP contribution < -0.4 is 11.1 Å². The summed E-state index contributed by atoms with van der Waals surface area (Å²) >= 11 is 0. The minimum Gasteiger partial charge on any atom is -0.398 e. The minimum atomic E-state index is 0.804. The highest BCUT2D eigenvalue weighted by molar-refractivity contribution is 5.99. The lowest BCUT2D eigenvalue weighted by Gasteiger charge is -2.11. The van der Waals surface area contributed by atoms with Gasteiger partial charge in [0, 0.05) is 29.2 Å². The SMILES string of the molecule is Cc1cc(N)c2ccnc(NCCc3ccccc3)c2c1. The zero-order valence-electron chi connectivity index (χ0n) is 12.1. The zero-order valence-corrected chi connectivity index (χ0v) is 12.1. The Morgan fingerprint density at radius 3 is 2.67 bits per heavy atom. The third-order valence-corrected chi connectivity index (χ3v) is 3.61. The highest BCUT2D eigenvalue weighted by atomic mass is 15.0. The van der Waals surface area contributed by atoms with Gasteiger partial charge in [-0.15, -0.1) is 0 Å². The lowest BCUT2D eigenvalue weighted by atomic mass is 10.1. The van der Waals surface area contributed by atoms with Crippen molar-refractivity contribution in [2.75, 3.05) is 17.6 Å². The van der Waals surface area contributed by atoms with E-state index in [0.717, 1.165) is 40.8 Å². The predicted octanol–water partition coefficient (Wildman–Crippen LogP) is 3.78. The number of rotatable bonds is 4. The largest absolute Gasteiger partial charge is 0.398 e. The van der Waals surface area contributed by atoms with Crippen LogP contribution in [-0.2, 0) is 6.42 Å². The van der Waals surface area contributed by atoms with E-state index in [1.54, 1.807) is 6.20 Å². The highest BCUT2D eigenvalue weighted by Gasteiger charge is 2.05. The van der Waals surface area contributed by atoms with Crippen LogP contribution in [0.25, 0.3) is 10.8 Å². The van der Waals surface area contributed by atoms with Crippen molar-refractivity contribution in [1.29, 1.82) is 0 Å². The Morgan fingerprint density at radius 2 is 1.86 bits per heavy atom. The third kappa shape index (κ3) is 2.97. The molecule has 0 saturated heterocycles. The van der Waals surface area contributed by atoms with E-state index >= 15 is 0 Å². The topological polar surface area (TPSA) is 50.9 Å². The molecule has 0 aliphatic heterocycles. The molecule has 0 spiro atoms. The van der Waals surface area contributed by atoms with Gasteiger partial charge in [0.15, 0.2) is 0 Å². The number of benzene rings is 2. The number of pyridine rings is 1. The van der Waals surface area contributed by atoms with Gasteiger partial charge in [-0.1, -0.05) is 30.3 Å². The Hall–Kier alpha value is -2.55. The van der Waals surface area contributed by atoms with Crippen molar-refractivity contribution in [3.63, 3.8) is 0 Å². The monoisotopic (exact) mass is 277 g/mol. The molecule has 21 heavy (non-hydrogen) atoms.